The van der Waals surface area contributed by atoms with Crippen LogP contribution in [0.4, 0.5) is 0 Å². The van der Waals surface area contributed by atoms with Crippen LogP contribution in [0.1, 0.15) is 0 Å². The highest BCUT2D eigenvalue weighted by Crippen LogP contribution is 2.33. The lowest BCUT2D eigenvalue weighted by molar-refractivity contribution is 0.0925. The van der Waals surface area contributed by atoms with Gasteiger partial charge in [-0.3, -0.25) is 0 Å². The zero-order valence-electron chi connectivity index (χ0n) is 17.1. The van der Waals surface area contributed by atoms with Crippen LogP contribution < -0.4 is 9.47 Å². The molecule has 0 saturated heterocycles. The number of sulfone groups is 1. The average molecular weight is 536 g/mol. The molecule has 1 aromatic heterocycles. The maximum Gasteiger partial charge on any atom is 0.206 e. The zero-order chi connectivity index (χ0) is 24.0. The van der Waals surface area contributed by atoms with Crippen LogP contribution in [0.25, 0.3) is 0 Å². The summed E-state index contributed by atoms with van der Waals surface area (Å²) in [5.41, 5.74) is 0. The number of benzene rings is 2. The maximum atomic E-state index is 13.0. The standard InChI is InChI=1S/C21H21Cl3N2O6S/c22-9-14(27)11-31-20-3-1-16(7-18(20)23)33(29,30)17-2-4-21(19(24)8-17)32-12-15(28)10-26-6-5-25-13-26/h1-8,13-15,27-28H,9-12H2/t14-,15-/m1/s1. The number of imidazole rings is 1. The highest BCUT2D eigenvalue weighted by molar-refractivity contribution is 7.91. The molecule has 1 heterocycles. The molecule has 0 saturated carbocycles. The van der Waals surface area contributed by atoms with Crippen LogP contribution >= 0.6 is 34.8 Å². The Morgan fingerprint density at radius 3 is 1.94 bits per heavy atom. The SMILES string of the molecule is O=S(=O)(c1ccc(OC[C@H](O)CCl)c(Cl)c1)c1ccc(OC[C@H](O)Cn2ccnc2)c(Cl)c1. The molecule has 2 N–H and O–H groups in total. The summed E-state index contributed by atoms with van der Waals surface area (Å²) in [4.78, 5) is 3.79. The molecule has 2 atom stereocenters. The molecular formula is C21H21Cl3N2O6S. The highest BCUT2D eigenvalue weighted by atomic mass is 35.5. The normalized spacial score (nSPS) is 13.5. The molecule has 0 amide bonds. The molecule has 3 rings (SSSR count). The smallest absolute Gasteiger partial charge is 0.206 e. The monoisotopic (exact) mass is 534 g/mol. The molecule has 12 heteroatoms. The summed E-state index contributed by atoms with van der Waals surface area (Å²) in [7, 11) is -3.93. The van der Waals surface area contributed by atoms with Crippen molar-refractivity contribution < 1.29 is 28.1 Å². The minimum Gasteiger partial charge on any atom is -0.489 e. The third-order valence-electron chi connectivity index (χ3n) is 4.45. The van der Waals surface area contributed by atoms with E-state index in [2.05, 4.69) is 4.98 Å². The molecule has 0 spiro atoms. The first-order chi connectivity index (χ1) is 15.7. The number of halogens is 3. The van der Waals surface area contributed by atoms with E-state index >= 15 is 0 Å². The van der Waals surface area contributed by atoms with Gasteiger partial charge in [0, 0.05) is 12.4 Å². The number of ether oxygens (including phenoxy) is 2. The van der Waals surface area contributed by atoms with Gasteiger partial charge >= 0.3 is 0 Å². The number of aliphatic hydroxyl groups excluding tert-OH is 2. The number of hydrogen-bond acceptors (Lipinski definition) is 7. The second-order valence-corrected chi connectivity index (χ2v) is 10.1. The third-order valence-corrected chi connectivity index (χ3v) is 7.14. The van der Waals surface area contributed by atoms with Gasteiger partial charge in [-0.2, -0.15) is 0 Å². The fraction of sp³-hybridized carbons (Fsp3) is 0.286. The lowest BCUT2D eigenvalue weighted by Crippen LogP contribution is -2.23. The highest BCUT2D eigenvalue weighted by Gasteiger charge is 2.21. The van der Waals surface area contributed by atoms with E-state index in [0.29, 0.717) is 0 Å². The lowest BCUT2D eigenvalue weighted by Gasteiger charge is -2.15. The number of aromatic nitrogens is 2. The van der Waals surface area contributed by atoms with Gasteiger partial charge in [0.05, 0.1) is 38.6 Å². The van der Waals surface area contributed by atoms with Crippen molar-refractivity contribution in [1.29, 1.82) is 0 Å². The van der Waals surface area contributed by atoms with Gasteiger partial charge in [-0.05, 0) is 36.4 Å². The van der Waals surface area contributed by atoms with E-state index in [4.69, 9.17) is 44.3 Å². The molecule has 178 valence electrons. The Labute approximate surface area is 206 Å². The summed E-state index contributed by atoms with van der Waals surface area (Å²) in [5, 5.41) is 19.7. The molecule has 0 aliphatic heterocycles. The second kappa shape index (κ2) is 11.4. The van der Waals surface area contributed by atoms with Crippen molar-refractivity contribution >= 4 is 44.6 Å². The van der Waals surface area contributed by atoms with Crippen LogP contribution in [0.3, 0.4) is 0 Å². The number of aliphatic hydroxyl groups is 2. The first-order valence-electron chi connectivity index (χ1n) is 9.68. The molecule has 0 fully saturated rings. The third kappa shape index (κ3) is 6.75. The van der Waals surface area contributed by atoms with Gasteiger partial charge in [0.1, 0.15) is 36.9 Å². The number of rotatable bonds is 11. The number of nitrogens with zero attached hydrogens (tertiary/aromatic N) is 2. The van der Waals surface area contributed by atoms with Gasteiger partial charge in [-0.25, -0.2) is 13.4 Å². The van der Waals surface area contributed by atoms with Crippen LogP contribution in [0, 0.1) is 0 Å². The predicted molar refractivity (Wildman–Crippen MR) is 124 cm³/mol. The van der Waals surface area contributed by atoms with E-state index in [1.807, 2.05) is 0 Å². The van der Waals surface area contributed by atoms with Gasteiger partial charge in [-0.1, -0.05) is 23.2 Å². The largest absolute Gasteiger partial charge is 0.489 e. The molecule has 3 aromatic rings. The summed E-state index contributed by atoms with van der Waals surface area (Å²) >= 11 is 17.9. The van der Waals surface area contributed by atoms with Gasteiger partial charge < -0.3 is 24.3 Å². The van der Waals surface area contributed by atoms with Crippen molar-refractivity contribution in [3.63, 3.8) is 0 Å². The lowest BCUT2D eigenvalue weighted by atomic mass is 10.3. The Bertz CT molecular complexity index is 1170. The summed E-state index contributed by atoms with van der Waals surface area (Å²) in [6.07, 6.45) is 3.20. The Balaban J connectivity index is 1.69. The van der Waals surface area contributed by atoms with Crippen molar-refractivity contribution in [3.05, 3.63) is 65.2 Å². The Morgan fingerprint density at radius 1 is 0.939 bits per heavy atom. The Morgan fingerprint density at radius 2 is 1.48 bits per heavy atom. The zero-order valence-corrected chi connectivity index (χ0v) is 20.2. The van der Waals surface area contributed by atoms with Crippen molar-refractivity contribution in [1.82, 2.24) is 9.55 Å². The van der Waals surface area contributed by atoms with Gasteiger partial charge in [-0.15, -0.1) is 11.6 Å². The summed E-state index contributed by atoms with van der Waals surface area (Å²) in [6.45, 7) is 0.165. The van der Waals surface area contributed by atoms with E-state index in [0.717, 1.165) is 0 Å². The first-order valence-corrected chi connectivity index (χ1v) is 12.5. The average Bonchev–Trinajstić information content (AvgIpc) is 3.30. The van der Waals surface area contributed by atoms with Crippen LogP contribution in [-0.4, -0.2) is 59.5 Å². The van der Waals surface area contributed by atoms with E-state index < -0.39 is 22.0 Å². The van der Waals surface area contributed by atoms with Crippen molar-refractivity contribution in [2.75, 3.05) is 19.1 Å². The fourth-order valence-electron chi connectivity index (χ4n) is 2.77. The Hall–Kier alpha value is -2.01. The first kappa shape index (κ1) is 25.6. The van der Waals surface area contributed by atoms with E-state index in [1.54, 1.807) is 23.3 Å². The van der Waals surface area contributed by atoms with Crippen LogP contribution in [0.5, 0.6) is 11.5 Å². The number of alkyl halides is 1. The van der Waals surface area contributed by atoms with Crippen molar-refractivity contribution in [3.8, 4) is 11.5 Å². The van der Waals surface area contributed by atoms with Crippen molar-refractivity contribution in [2.45, 2.75) is 28.5 Å². The van der Waals surface area contributed by atoms with Gasteiger partial charge in [0.15, 0.2) is 0 Å². The molecule has 33 heavy (non-hydrogen) atoms. The van der Waals surface area contributed by atoms with Crippen molar-refractivity contribution in [2.24, 2.45) is 0 Å². The second-order valence-electron chi connectivity index (χ2n) is 7.03. The van der Waals surface area contributed by atoms with E-state index in [9.17, 15) is 18.6 Å². The molecule has 0 aliphatic carbocycles. The maximum absolute atomic E-state index is 13.0. The molecular weight excluding hydrogens is 515 g/mol. The summed E-state index contributed by atoms with van der Waals surface area (Å²) in [6, 6.07) is 8.04. The van der Waals surface area contributed by atoms with Gasteiger partial charge in [0.25, 0.3) is 0 Å². The topological polar surface area (TPSA) is 111 Å². The van der Waals surface area contributed by atoms with Crippen LogP contribution in [0.2, 0.25) is 10.0 Å². The molecule has 0 unspecified atom stereocenters. The molecule has 8 nitrogen and oxygen atoms in total. The van der Waals surface area contributed by atoms with E-state index in [1.165, 1.54) is 36.4 Å². The quantitative estimate of drug-likeness (QED) is 0.362. The van der Waals surface area contributed by atoms with E-state index in [-0.39, 0.29) is 57.0 Å². The number of hydrogen-bond donors (Lipinski definition) is 2. The molecule has 2 aromatic carbocycles. The molecule has 0 radical (unpaired) electrons. The summed E-state index contributed by atoms with van der Waals surface area (Å²) in [5.74, 6) is 0.449. The van der Waals surface area contributed by atoms with Crippen LogP contribution in [0.15, 0.2) is 64.9 Å². The molecule has 0 bridgehead atoms. The minimum absolute atomic E-state index is 0.00583. The predicted octanol–water partition coefficient (Wildman–Crippen LogP) is 3.44. The fourth-order valence-corrected chi connectivity index (χ4v) is 4.78. The minimum atomic E-state index is -3.93. The molecule has 0 aliphatic rings. The summed E-state index contributed by atoms with van der Waals surface area (Å²) < 4.78 is 38.6. The Kier molecular flexibility index (Phi) is 8.86. The van der Waals surface area contributed by atoms with Crippen LogP contribution in [-0.2, 0) is 16.4 Å². The van der Waals surface area contributed by atoms with Gasteiger partial charge in [0.2, 0.25) is 9.84 Å².